The van der Waals surface area contributed by atoms with Crippen molar-refractivity contribution < 1.29 is 9.32 Å². The van der Waals surface area contributed by atoms with Crippen molar-refractivity contribution in [2.75, 3.05) is 13.1 Å². The van der Waals surface area contributed by atoms with Gasteiger partial charge in [-0.3, -0.25) is 4.79 Å². The van der Waals surface area contributed by atoms with E-state index >= 15 is 0 Å². The third kappa shape index (κ3) is 3.60. The zero-order chi connectivity index (χ0) is 15.0. The zero-order valence-electron chi connectivity index (χ0n) is 13.2. The van der Waals surface area contributed by atoms with Crippen LogP contribution in [0.3, 0.4) is 0 Å². The number of rotatable bonds is 4. The Morgan fingerprint density at radius 1 is 1.32 bits per heavy atom. The van der Waals surface area contributed by atoms with Gasteiger partial charge in [-0.1, -0.05) is 12.1 Å². The van der Waals surface area contributed by atoms with Gasteiger partial charge in [0.05, 0.1) is 5.92 Å². The molecule has 1 aromatic heterocycles. The van der Waals surface area contributed by atoms with Gasteiger partial charge in [0, 0.05) is 31.0 Å². The van der Waals surface area contributed by atoms with Crippen LogP contribution in [0.15, 0.2) is 4.52 Å². The van der Waals surface area contributed by atoms with Crippen LogP contribution >= 0.6 is 12.4 Å². The Balaban J connectivity index is 0.00000176. The lowest BCUT2D eigenvalue weighted by Crippen LogP contribution is -2.45. The smallest absolute Gasteiger partial charge is 0.229 e. The summed E-state index contributed by atoms with van der Waals surface area (Å²) in [6.45, 7) is 5.26. The van der Waals surface area contributed by atoms with Crippen LogP contribution in [0, 0.1) is 5.92 Å². The van der Waals surface area contributed by atoms with Gasteiger partial charge >= 0.3 is 0 Å². The maximum atomic E-state index is 12.4. The van der Waals surface area contributed by atoms with Crippen molar-refractivity contribution in [3.63, 3.8) is 0 Å². The highest BCUT2D eigenvalue weighted by atomic mass is 35.5. The Labute approximate surface area is 137 Å². The first kappa shape index (κ1) is 17.2. The van der Waals surface area contributed by atoms with Crippen LogP contribution in [0.4, 0.5) is 0 Å². The molecular weight excluding hydrogens is 304 g/mol. The number of hydrogen-bond donors (Lipinski definition) is 1. The molecule has 7 heteroatoms. The molecule has 3 atom stereocenters. The SMILES string of the molecule is CC(N)C(C)C(=O)N1CCCC(c2noc(C3CC3)n2)C1.Cl. The number of halogens is 1. The van der Waals surface area contributed by atoms with Gasteiger partial charge in [0.2, 0.25) is 11.8 Å². The van der Waals surface area contributed by atoms with Crippen molar-refractivity contribution >= 4 is 18.3 Å². The molecule has 0 spiro atoms. The maximum absolute atomic E-state index is 12.4. The van der Waals surface area contributed by atoms with Crippen LogP contribution in [0.25, 0.3) is 0 Å². The molecule has 2 aliphatic rings. The summed E-state index contributed by atoms with van der Waals surface area (Å²) in [4.78, 5) is 18.9. The largest absolute Gasteiger partial charge is 0.342 e. The van der Waals surface area contributed by atoms with Crippen LogP contribution in [-0.4, -0.2) is 40.1 Å². The lowest BCUT2D eigenvalue weighted by Gasteiger charge is -2.33. The summed E-state index contributed by atoms with van der Waals surface area (Å²) in [6.07, 6.45) is 4.31. The van der Waals surface area contributed by atoms with E-state index in [4.69, 9.17) is 10.3 Å². The molecule has 0 aromatic carbocycles. The van der Waals surface area contributed by atoms with E-state index in [9.17, 15) is 4.79 Å². The standard InChI is InChI=1S/C15H24N4O2.ClH/c1-9(10(2)16)15(20)19-7-3-4-12(8-19)13-17-14(21-18-13)11-5-6-11;/h9-12H,3-8,16H2,1-2H3;1H. The number of nitrogens with zero attached hydrogens (tertiary/aromatic N) is 3. The van der Waals surface area contributed by atoms with Gasteiger partial charge in [0.1, 0.15) is 0 Å². The summed E-state index contributed by atoms with van der Waals surface area (Å²) in [5.41, 5.74) is 5.85. The number of likely N-dealkylation sites (tertiary alicyclic amines) is 1. The van der Waals surface area contributed by atoms with Crippen molar-refractivity contribution in [2.45, 2.75) is 57.4 Å². The van der Waals surface area contributed by atoms with Crippen molar-refractivity contribution in [2.24, 2.45) is 11.7 Å². The molecule has 22 heavy (non-hydrogen) atoms. The predicted octanol–water partition coefficient (Wildman–Crippen LogP) is 2.06. The predicted molar refractivity (Wildman–Crippen MR) is 84.9 cm³/mol. The molecule has 1 aliphatic carbocycles. The van der Waals surface area contributed by atoms with Crippen LogP contribution in [0.5, 0.6) is 0 Å². The first-order chi connectivity index (χ1) is 10.1. The van der Waals surface area contributed by atoms with Gasteiger partial charge in [-0.2, -0.15) is 4.98 Å². The number of piperidine rings is 1. The fourth-order valence-corrected chi connectivity index (χ4v) is 2.81. The summed E-state index contributed by atoms with van der Waals surface area (Å²) in [5.74, 6) is 2.21. The molecule has 1 aromatic rings. The van der Waals surface area contributed by atoms with Gasteiger partial charge in [-0.05, 0) is 32.6 Å². The third-order valence-electron chi connectivity index (χ3n) is 4.66. The molecule has 1 amide bonds. The zero-order valence-corrected chi connectivity index (χ0v) is 14.0. The fraction of sp³-hybridized carbons (Fsp3) is 0.800. The van der Waals surface area contributed by atoms with E-state index in [2.05, 4.69) is 10.1 Å². The maximum Gasteiger partial charge on any atom is 0.229 e. The third-order valence-corrected chi connectivity index (χ3v) is 4.66. The Kier molecular flexibility index (Phi) is 5.45. The normalized spacial score (nSPS) is 24.5. The van der Waals surface area contributed by atoms with E-state index in [0.29, 0.717) is 12.5 Å². The molecule has 0 radical (unpaired) electrons. The molecule has 1 aliphatic heterocycles. The van der Waals surface area contributed by atoms with E-state index < -0.39 is 0 Å². The van der Waals surface area contributed by atoms with E-state index in [1.54, 1.807) is 0 Å². The highest BCUT2D eigenvalue weighted by Gasteiger charge is 2.33. The first-order valence-electron chi connectivity index (χ1n) is 7.94. The monoisotopic (exact) mass is 328 g/mol. The van der Waals surface area contributed by atoms with Gasteiger partial charge < -0.3 is 15.2 Å². The Morgan fingerprint density at radius 3 is 2.68 bits per heavy atom. The molecule has 124 valence electrons. The first-order valence-corrected chi connectivity index (χ1v) is 7.94. The molecule has 1 saturated heterocycles. The van der Waals surface area contributed by atoms with Crippen molar-refractivity contribution in [3.8, 4) is 0 Å². The number of carbonyl (C=O) groups is 1. The number of aromatic nitrogens is 2. The average Bonchev–Trinajstić information content (AvgIpc) is 3.23. The van der Waals surface area contributed by atoms with Crippen LogP contribution < -0.4 is 5.73 Å². The molecular formula is C15H25ClN4O2. The van der Waals surface area contributed by atoms with E-state index in [-0.39, 0.29) is 36.2 Å². The Bertz CT molecular complexity index is 515. The van der Waals surface area contributed by atoms with E-state index in [1.807, 2.05) is 18.7 Å². The van der Waals surface area contributed by atoms with Gasteiger partial charge in [0.25, 0.3) is 0 Å². The number of amides is 1. The molecule has 3 rings (SSSR count). The quantitative estimate of drug-likeness (QED) is 0.914. The lowest BCUT2D eigenvalue weighted by molar-refractivity contribution is -0.136. The van der Waals surface area contributed by atoms with E-state index in [1.165, 1.54) is 0 Å². The summed E-state index contributed by atoms with van der Waals surface area (Å²) in [5, 5.41) is 4.13. The Morgan fingerprint density at radius 2 is 2.05 bits per heavy atom. The van der Waals surface area contributed by atoms with Crippen molar-refractivity contribution in [1.29, 1.82) is 0 Å². The van der Waals surface area contributed by atoms with Gasteiger partial charge in [-0.25, -0.2) is 0 Å². The average molecular weight is 329 g/mol. The van der Waals surface area contributed by atoms with Gasteiger partial charge in [0.15, 0.2) is 5.82 Å². The van der Waals surface area contributed by atoms with Crippen LogP contribution in [0.2, 0.25) is 0 Å². The van der Waals surface area contributed by atoms with Crippen LogP contribution in [0.1, 0.15) is 63.1 Å². The number of hydrogen-bond acceptors (Lipinski definition) is 5. The minimum atomic E-state index is -0.143. The molecule has 3 unspecified atom stereocenters. The minimum absolute atomic E-state index is 0. The lowest BCUT2D eigenvalue weighted by atomic mass is 9.95. The highest BCUT2D eigenvalue weighted by Crippen LogP contribution is 2.39. The number of carbonyl (C=O) groups excluding carboxylic acids is 1. The van der Waals surface area contributed by atoms with Gasteiger partial charge in [-0.15, -0.1) is 12.4 Å². The molecule has 2 heterocycles. The second-order valence-corrected chi connectivity index (χ2v) is 6.54. The van der Waals surface area contributed by atoms with E-state index in [0.717, 1.165) is 43.9 Å². The molecule has 2 N–H and O–H groups in total. The fourth-order valence-electron chi connectivity index (χ4n) is 2.81. The highest BCUT2D eigenvalue weighted by molar-refractivity contribution is 5.85. The summed E-state index contributed by atoms with van der Waals surface area (Å²) < 4.78 is 5.34. The Hall–Kier alpha value is -1.14. The summed E-state index contributed by atoms with van der Waals surface area (Å²) in [7, 11) is 0. The summed E-state index contributed by atoms with van der Waals surface area (Å²) >= 11 is 0. The molecule has 0 bridgehead atoms. The molecule has 6 nitrogen and oxygen atoms in total. The number of nitrogens with two attached hydrogens (primary N) is 1. The second-order valence-electron chi connectivity index (χ2n) is 6.54. The second kappa shape index (κ2) is 6.96. The topological polar surface area (TPSA) is 85.3 Å². The van der Waals surface area contributed by atoms with Crippen molar-refractivity contribution in [1.82, 2.24) is 15.0 Å². The van der Waals surface area contributed by atoms with Crippen LogP contribution in [-0.2, 0) is 4.79 Å². The minimum Gasteiger partial charge on any atom is -0.342 e. The summed E-state index contributed by atoms with van der Waals surface area (Å²) in [6, 6.07) is -0.121. The molecule has 1 saturated carbocycles. The van der Waals surface area contributed by atoms with Crippen molar-refractivity contribution in [3.05, 3.63) is 11.7 Å². The molecule has 2 fully saturated rings.